The van der Waals surface area contributed by atoms with Crippen molar-refractivity contribution in [3.05, 3.63) is 23.8 Å². The van der Waals surface area contributed by atoms with Gasteiger partial charge in [-0.1, -0.05) is 6.07 Å². The predicted molar refractivity (Wildman–Crippen MR) is 56.5 cm³/mol. The smallest absolute Gasteiger partial charge is 0.341 e. The number of nitrogens with zero attached hydrogens (tertiary/aromatic N) is 1. The average Bonchev–Trinajstić information content (AvgIpc) is 2.58. The fraction of sp³-hybridized carbons (Fsp3) is 0.364. The lowest BCUT2D eigenvalue weighted by Gasteiger charge is -2.12. The molecule has 0 saturated heterocycles. The topological polar surface area (TPSA) is 49.8 Å². The minimum absolute atomic E-state index is 0.278. The summed E-state index contributed by atoms with van der Waals surface area (Å²) in [5.74, 6) is -0.252. The molecule has 80 valence electrons. The van der Waals surface area contributed by atoms with Crippen molar-refractivity contribution in [3.8, 4) is 5.75 Å². The zero-order chi connectivity index (χ0) is 10.8. The average molecular weight is 207 g/mol. The van der Waals surface area contributed by atoms with Gasteiger partial charge in [-0.05, 0) is 18.6 Å². The quantitative estimate of drug-likeness (QED) is 0.807. The van der Waals surface area contributed by atoms with Crippen molar-refractivity contribution < 1.29 is 14.6 Å². The summed E-state index contributed by atoms with van der Waals surface area (Å²) >= 11 is 0. The SMILES string of the molecule is CN1CCc2c(OCC(=O)O)cccc21. The van der Waals surface area contributed by atoms with E-state index in [0.29, 0.717) is 5.75 Å². The summed E-state index contributed by atoms with van der Waals surface area (Å²) in [6, 6.07) is 5.73. The molecule has 2 rings (SSSR count). The van der Waals surface area contributed by atoms with Crippen molar-refractivity contribution in [3.63, 3.8) is 0 Å². The first-order valence-electron chi connectivity index (χ1n) is 4.86. The van der Waals surface area contributed by atoms with Crippen LogP contribution in [0.4, 0.5) is 5.69 Å². The number of carbonyl (C=O) groups is 1. The van der Waals surface area contributed by atoms with Crippen LogP contribution in [0, 0.1) is 0 Å². The van der Waals surface area contributed by atoms with Crippen molar-refractivity contribution in [1.82, 2.24) is 0 Å². The monoisotopic (exact) mass is 207 g/mol. The fourth-order valence-corrected chi connectivity index (χ4v) is 1.84. The lowest BCUT2D eigenvalue weighted by atomic mass is 10.1. The number of likely N-dealkylation sites (N-methyl/N-ethyl adjacent to an activating group) is 1. The molecule has 0 aromatic heterocycles. The van der Waals surface area contributed by atoms with Crippen LogP contribution in [0.15, 0.2) is 18.2 Å². The Labute approximate surface area is 88.1 Å². The number of anilines is 1. The van der Waals surface area contributed by atoms with E-state index in [4.69, 9.17) is 9.84 Å². The number of rotatable bonds is 3. The van der Waals surface area contributed by atoms with Gasteiger partial charge in [0.2, 0.25) is 0 Å². The number of carboxylic acid groups (broad SMARTS) is 1. The highest BCUT2D eigenvalue weighted by Gasteiger charge is 2.19. The van der Waals surface area contributed by atoms with Crippen LogP contribution < -0.4 is 9.64 Å². The largest absolute Gasteiger partial charge is 0.482 e. The molecule has 1 aromatic rings. The molecule has 1 N–H and O–H groups in total. The van der Waals surface area contributed by atoms with Crippen LogP contribution in [0.2, 0.25) is 0 Å². The number of carboxylic acids is 1. The maximum Gasteiger partial charge on any atom is 0.341 e. The van der Waals surface area contributed by atoms with Crippen molar-refractivity contribution >= 4 is 11.7 Å². The third-order valence-corrected chi connectivity index (χ3v) is 2.57. The van der Waals surface area contributed by atoms with Crippen LogP contribution in [-0.2, 0) is 11.2 Å². The molecule has 0 saturated carbocycles. The standard InChI is InChI=1S/C11H13NO3/c1-12-6-5-8-9(12)3-2-4-10(8)15-7-11(13)14/h2-4H,5-7H2,1H3,(H,13,14). The van der Waals surface area contributed by atoms with Gasteiger partial charge < -0.3 is 14.7 Å². The summed E-state index contributed by atoms with van der Waals surface area (Å²) in [5, 5.41) is 8.54. The summed E-state index contributed by atoms with van der Waals surface area (Å²) in [7, 11) is 2.02. The Morgan fingerprint density at radius 1 is 1.60 bits per heavy atom. The van der Waals surface area contributed by atoms with E-state index in [-0.39, 0.29) is 6.61 Å². The van der Waals surface area contributed by atoms with Crippen LogP contribution in [0.5, 0.6) is 5.75 Å². The number of hydrogen-bond acceptors (Lipinski definition) is 3. The molecule has 0 bridgehead atoms. The summed E-state index contributed by atoms with van der Waals surface area (Å²) < 4.78 is 5.23. The van der Waals surface area contributed by atoms with E-state index in [0.717, 1.165) is 24.2 Å². The number of fused-ring (bicyclic) bond motifs is 1. The molecule has 1 heterocycles. The molecule has 0 atom stereocenters. The molecule has 4 heteroatoms. The number of benzene rings is 1. The molecular formula is C11H13NO3. The lowest BCUT2D eigenvalue weighted by molar-refractivity contribution is -0.139. The summed E-state index contributed by atoms with van der Waals surface area (Å²) in [4.78, 5) is 12.5. The van der Waals surface area contributed by atoms with Crippen LogP contribution in [0.3, 0.4) is 0 Å². The summed E-state index contributed by atoms with van der Waals surface area (Å²) in [6.45, 7) is 0.683. The second-order valence-corrected chi connectivity index (χ2v) is 3.61. The van der Waals surface area contributed by atoms with E-state index in [1.807, 2.05) is 25.2 Å². The Kier molecular flexibility index (Phi) is 2.49. The Bertz CT molecular complexity index is 389. The first kappa shape index (κ1) is 9.83. The van der Waals surface area contributed by atoms with Gasteiger partial charge in [0.25, 0.3) is 0 Å². The van der Waals surface area contributed by atoms with E-state index < -0.39 is 5.97 Å². The van der Waals surface area contributed by atoms with Gasteiger partial charge in [-0.2, -0.15) is 0 Å². The zero-order valence-electron chi connectivity index (χ0n) is 8.56. The van der Waals surface area contributed by atoms with E-state index >= 15 is 0 Å². The minimum atomic E-state index is -0.945. The molecule has 0 unspecified atom stereocenters. The third-order valence-electron chi connectivity index (χ3n) is 2.57. The van der Waals surface area contributed by atoms with Gasteiger partial charge in [-0.3, -0.25) is 0 Å². The Morgan fingerprint density at radius 3 is 3.13 bits per heavy atom. The van der Waals surface area contributed by atoms with Gasteiger partial charge in [-0.25, -0.2) is 4.79 Å². The van der Waals surface area contributed by atoms with Gasteiger partial charge in [0.15, 0.2) is 6.61 Å². The maximum atomic E-state index is 10.4. The first-order chi connectivity index (χ1) is 7.18. The Hall–Kier alpha value is -1.71. The van der Waals surface area contributed by atoms with E-state index in [9.17, 15) is 4.79 Å². The normalized spacial score (nSPS) is 13.8. The van der Waals surface area contributed by atoms with Crippen LogP contribution in [-0.4, -0.2) is 31.3 Å². The maximum absolute atomic E-state index is 10.4. The molecule has 0 amide bonds. The summed E-state index contributed by atoms with van der Waals surface area (Å²) in [6.07, 6.45) is 0.918. The second kappa shape index (κ2) is 3.81. The van der Waals surface area contributed by atoms with Gasteiger partial charge in [0, 0.05) is 24.8 Å². The zero-order valence-corrected chi connectivity index (χ0v) is 8.56. The molecule has 1 aliphatic rings. The van der Waals surface area contributed by atoms with Crippen molar-refractivity contribution in [1.29, 1.82) is 0 Å². The van der Waals surface area contributed by atoms with Crippen LogP contribution >= 0.6 is 0 Å². The highest BCUT2D eigenvalue weighted by atomic mass is 16.5. The second-order valence-electron chi connectivity index (χ2n) is 3.61. The molecule has 0 fully saturated rings. The molecule has 15 heavy (non-hydrogen) atoms. The van der Waals surface area contributed by atoms with Gasteiger partial charge in [0.05, 0.1) is 0 Å². The van der Waals surface area contributed by atoms with E-state index in [2.05, 4.69) is 4.90 Å². The highest BCUT2D eigenvalue weighted by Crippen LogP contribution is 2.33. The predicted octanol–water partition coefficient (Wildman–Crippen LogP) is 1.14. The minimum Gasteiger partial charge on any atom is -0.482 e. The first-order valence-corrected chi connectivity index (χ1v) is 4.86. The number of ether oxygens (including phenoxy) is 1. The van der Waals surface area contributed by atoms with Crippen LogP contribution in [0.1, 0.15) is 5.56 Å². The number of aliphatic carboxylic acids is 1. The van der Waals surface area contributed by atoms with E-state index in [1.165, 1.54) is 0 Å². The fourth-order valence-electron chi connectivity index (χ4n) is 1.84. The highest BCUT2D eigenvalue weighted by molar-refractivity contribution is 5.69. The summed E-state index contributed by atoms with van der Waals surface area (Å²) in [5.41, 5.74) is 2.25. The number of hydrogen-bond donors (Lipinski definition) is 1. The van der Waals surface area contributed by atoms with E-state index in [1.54, 1.807) is 0 Å². The Balaban J connectivity index is 2.22. The molecule has 0 spiro atoms. The van der Waals surface area contributed by atoms with Gasteiger partial charge in [0.1, 0.15) is 5.75 Å². The lowest BCUT2D eigenvalue weighted by Crippen LogP contribution is -2.12. The van der Waals surface area contributed by atoms with Crippen molar-refractivity contribution in [2.24, 2.45) is 0 Å². The van der Waals surface area contributed by atoms with Gasteiger partial charge >= 0.3 is 5.97 Å². The van der Waals surface area contributed by atoms with Gasteiger partial charge in [-0.15, -0.1) is 0 Å². The van der Waals surface area contributed by atoms with Crippen molar-refractivity contribution in [2.45, 2.75) is 6.42 Å². The molecule has 1 aromatic carbocycles. The molecule has 0 radical (unpaired) electrons. The van der Waals surface area contributed by atoms with Crippen LogP contribution in [0.25, 0.3) is 0 Å². The van der Waals surface area contributed by atoms with Crippen molar-refractivity contribution in [2.75, 3.05) is 25.1 Å². The molecule has 1 aliphatic heterocycles. The third kappa shape index (κ3) is 1.88. The molecule has 0 aliphatic carbocycles. The Morgan fingerprint density at radius 2 is 2.40 bits per heavy atom. The molecule has 4 nitrogen and oxygen atoms in total. The molecular weight excluding hydrogens is 194 g/mol.